The minimum atomic E-state index is 0.158. The molecule has 0 aliphatic carbocycles. The van der Waals surface area contributed by atoms with Crippen molar-refractivity contribution < 1.29 is 4.79 Å². The van der Waals surface area contributed by atoms with E-state index < -0.39 is 0 Å². The Morgan fingerprint density at radius 3 is 2.62 bits per heavy atom. The summed E-state index contributed by atoms with van der Waals surface area (Å²) in [7, 11) is 4.19. The van der Waals surface area contributed by atoms with E-state index in [1.165, 1.54) is 5.56 Å². The van der Waals surface area contributed by atoms with Crippen molar-refractivity contribution >= 4 is 5.91 Å². The van der Waals surface area contributed by atoms with Crippen LogP contribution in [0.25, 0.3) is 0 Å². The Labute approximate surface area is 128 Å². The third kappa shape index (κ3) is 4.83. The van der Waals surface area contributed by atoms with Crippen LogP contribution in [-0.2, 0) is 11.3 Å². The van der Waals surface area contributed by atoms with Crippen molar-refractivity contribution in [3.63, 3.8) is 0 Å². The molecule has 1 aromatic carbocycles. The van der Waals surface area contributed by atoms with Crippen molar-refractivity contribution in [2.24, 2.45) is 5.92 Å². The zero-order valence-corrected chi connectivity index (χ0v) is 13.4. The number of carbonyl (C=O) groups excluding carboxylic acids is 1. The Morgan fingerprint density at radius 1 is 1.29 bits per heavy atom. The summed E-state index contributed by atoms with van der Waals surface area (Å²) in [5.41, 5.74) is 1.34. The lowest BCUT2D eigenvalue weighted by Gasteiger charge is -2.22. The number of hydrogen-bond acceptors (Lipinski definition) is 3. The van der Waals surface area contributed by atoms with E-state index in [-0.39, 0.29) is 11.9 Å². The van der Waals surface area contributed by atoms with Gasteiger partial charge in [-0.25, -0.2) is 0 Å². The highest BCUT2D eigenvalue weighted by Crippen LogP contribution is 2.20. The lowest BCUT2D eigenvalue weighted by Crippen LogP contribution is -2.43. The molecule has 0 unspecified atom stereocenters. The van der Waals surface area contributed by atoms with Crippen LogP contribution < -0.4 is 5.32 Å². The maximum atomic E-state index is 11.7. The first-order chi connectivity index (χ1) is 10.1. The van der Waals surface area contributed by atoms with E-state index in [0.29, 0.717) is 12.3 Å². The molecule has 0 saturated carbocycles. The smallest absolute Gasteiger partial charge is 0.219 e. The summed E-state index contributed by atoms with van der Waals surface area (Å²) in [6.07, 6.45) is 0.559. The van der Waals surface area contributed by atoms with Crippen molar-refractivity contribution in [1.29, 1.82) is 0 Å². The van der Waals surface area contributed by atoms with Gasteiger partial charge in [0.15, 0.2) is 0 Å². The minimum Gasteiger partial charge on any atom is -0.352 e. The number of hydrogen-bond donors (Lipinski definition) is 1. The van der Waals surface area contributed by atoms with Gasteiger partial charge in [-0.05, 0) is 19.7 Å². The molecular weight excluding hydrogens is 262 g/mol. The number of nitrogens with zero attached hydrogens (tertiary/aromatic N) is 2. The van der Waals surface area contributed by atoms with Gasteiger partial charge in [-0.3, -0.25) is 9.69 Å². The highest BCUT2D eigenvalue weighted by atomic mass is 16.1. The Morgan fingerprint density at radius 2 is 2.00 bits per heavy atom. The fourth-order valence-corrected chi connectivity index (χ4v) is 3.06. The maximum absolute atomic E-state index is 11.7. The summed E-state index contributed by atoms with van der Waals surface area (Å²) < 4.78 is 0. The van der Waals surface area contributed by atoms with E-state index >= 15 is 0 Å². The molecule has 4 heteroatoms. The molecule has 1 heterocycles. The SMILES string of the molecule is CCC(=O)N[C@@H]1CN(Cc2ccccc2)C[C@H]1CN(C)C. The lowest BCUT2D eigenvalue weighted by atomic mass is 10.0. The standard InChI is InChI=1S/C17H27N3O/c1-4-17(21)18-16-13-20(12-15(16)11-19(2)3)10-14-8-6-5-7-9-14/h5-9,15-16H,4,10-13H2,1-3H3,(H,18,21)/t15-,16-/m1/s1. The van der Waals surface area contributed by atoms with E-state index in [1.54, 1.807) is 0 Å². The van der Waals surface area contributed by atoms with Gasteiger partial charge in [-0.2, -0.15) is 0 Å². The van der Waals surface area contributed by atoms with E-state index in [0.717, 1.165) is 26.2 Å². The van der Waals surface area contributed by atoms with Gasteiger partial charge in [-0.15, -0.1) is 0 Å². The molecule has 1 fully saturated rings. The average molecular weight is 289 g/mol. The normalized spacial score (nSPS) is 22.7. The molecule has 1 saturated heterocycles. The predicted molar refractivity (Wildman–Crippen MR) is 86.0 cm³/mol. The Hall–Kier alpha value is -1.39. The maximum Gasteiger partial charge on any atom is 0.219 e. The molecule has 21 heavy (non-hydrogen) atoms. The zero-order chi connectivity index (χ0) is 15.2. The van der Waals surface area contributed by atoms with Crippen LogP contribution in [0.1, 0.15) is 18.9 Å². The van der Waals surface area contributed by atoms with E-state index in [9.17, 15) is 4.79 Å². The second-order valence-electron chi connectivity index (χ2n) is 6.23. The topological polar surface area (TPSA) is 35.6 Å². The van der Waals surface area contributed by atoms with Gasteiger partial charge in [0.2, 0.25) is 5.91 Å². The van der Waals surface area contributed by atoms with Crippen LogP contribution >= 0.6 is 0 Å². The first-order valence-corrected chi connectivity index (χ1v) is 7.79. The van der Waals surface area contributed by atoms with Crippen molar-refractivity contribution in [3.05, 3.63) is 35.9 Å². The van der Waals surface area contributed by atoms with Gasteiger partial charge in [0.05, 0.1) is 0 Å². The predicted octanol–water partition coefficient (Wildman–Crippen LogP) is 1.57. The molecule has 4 nitrogen and oxygen atoms in total. The van der Waals surface area contributed by atoms with E-state index in [1.807, 2.05) is 13.0 Å². The minimum absolute atomic E-state index is 0.158. The summed E-state index contributed by atoms with van der Waals surface area (Å²) in [6.45, 7) is 5.87. The summed E-state index contributed by atoms with van der Waals surface area (Å²) >= 11 is 0. The lowest BCUT2D eigenvalue weighted by molar-refractivity contribution is -0.121. The molecule has 0 spiro atoms. The Bertz CT molecular complexity index is 447. The van der Waals surface area contributed by atoms with Gasteiger partial charge in [0, 0.05) is 44.6 Å². The zero-order valence-electron chi connectivity index (χ0n) is 13.4. The summed E-state index contributed by atoms with van der Waals surface area (Å²) in [6, 6.07) is 10.8. The van der Waals surface area contributed by atoms with Crippen LogP contribution in [0.5, 0.6) is 0 Å². The van der Waals surface area contributed by atoms with Crippen LogP contribution in [0.15, 0.2) is 30.3 Å². The Kier molecular flexibility index (Phi) is 5.76. The monoisotopic (exact) mass is 289 g/mol. The molecule has 1 N–H and O–H groups in total. The number of benzene rings is 1. The Balaban J connectivity index is 1.97. The van der Waals surface area contributed by atoms with Crippen LogP contribution in [0, 0.1) is 5.92 Å². The molecule has 0 radical (unpaired) electrons. The molecular formula is C17H27N3O. The molecule has 0 bridgehead atoms. The second-order valence-corrected chi connectivity index (χ2v) is 6.23. The molecule has 2 atom stereocenters. The van der Waals surface area contributed by atoms with Gasteiger partial charge in [0.1, 0.15) is 0 Å². The van der Waals surface area contributed by atoms with Crippen LogP contribution in [0.2, 0.25) is 0 Å². The number of amides is 1. The molecule has 116 valence electrons. The second kappa shape index (κ2) is 7.57. The third-order valence-electron chi connectivity index (χ3n) is 4.03. The number of nitrogens with one attached hydrogen (secondary N) is 1. The molecule has 2 rings (SSSR count). The van der Waals surface area contributed by atoms with E-state index in [2.05, 4.69) is 53.5 Å². The van der Waals surface area contributed by atoms with Gasteiger partial charge < -0.3 is 10.2 Å². The summed E-state index contributed by atoms with van der Waals surface area (Å²) in [4.78, 5) is 16.4. The highest BCUT2D eigenvalue weighted by Gasteiger charge is 2.33. The molecule has 0 aromatic heterocycles. The third-order valence-corrected chi connectivity index (χ3v) is 4.03. The highest BCUT2D eigenvalue weighted by molar-refractivity contribution is 5.75. The van der Waals surface area contributed by atoms with Crippen LogP contribution in [0.4, 0.5) is 0 Å². The first kappa shape index (κ1) is 16.0. The molecule has 1 aliphatic rings. The molecule has 1 aliphatic heterocycles. The van der Waals surface area contributed by atoms with E-state index in [4.69, 9.17) is 0 Å². The fourth-order valence-electron chi connectivity index (χ4n) is 3.06. The largest absolute Gasteiger partial charge is 0.352 e. The molecule has 1 aromatic rings. The van der Waals surface area contributed by atoms with Gasteiger partial charge in [-0.1, -0.05) is 37.3 Å². The van der Waals surface area contributed by atoms with Crippen LogP contribution in [0.3, 0.4) is 0 Å². The fraction of sp³-hybridized carbons (Fsp3) is 0.588. The number of rotatable bonds is 6. The van der Waals surface area contributed by atoms with Crippen LogP contribution in [-0.4, -0.2) is 55.5 Å². The molecule has 1 amide bonds. The summed E-state index contributed by atoms with van der Waals surface area (Å²) in [5, 5.41) is 3.19. The van der Waals surface area contributed by atoms with Gasteiger partial charge in [0.25, 0.3) is 0 Å². The van der Waals surface area contributed by atoms with Crippen molar-refractivity contribution in [3.8, 4) is 0 Å². The van der Waals surface area contributed by atoms with Crippen molar-refractivity contribution in [1.82, 2.24) is 15.1 Å². The quantitative estimate of drug-likeness (QED) is 0.863. The number of likely N-dealkylation sites (tertiary alicyclic amines) is 1. The van der Waals surface area contributed by atoms with Crippen molar-refractivity contribution in [2.45, 2.75) is 25.9 Å². The first-order valence-electron chi connectivity index (χ1n) is 7.79. The van der Waals surface area contributed by atoms with Gasteiger partial charge >= 0.3 is 0 Å². The average Bonchev–Trinajstić information content (AvgIpc) is 2.80. The number of carbonyl (C=O) groups is 1. The summed E-state index contributed by atoms with van der Waals surface area (Å²) in [5.74, 6) is 0.657. The van der Waals surface area contributed by atoms with Crippen molar-refractivity contribution in [2.75, 3.05) is 33.7 Å².